The molecule has 0 radical (unpaired) electrons. The Balaban J connectivity index is 3.46. The minimum atomic E-state index is -0.329. The Bertz CT molecular complexity index is 225. The number of amides is 1. The fraction of sp³-hybridized carbons (Fsp3) is 0.444. The van der Waals surface area contributed by atoms with Gasteiger partial charge in [-0.1, -0.05) is 13.2 Å². The van der Waals surface area contributed by atoms with Gasteiger partial charge in [0, 0.05) is 30.9 Å². The lowest BCUT2D eigenvalue weighted by Crippen LogP contribution is -2.28. The molecule has 0 aromatic carbocycles. The standard InChI is InChI=1S/C9H18N4O/c1-7(5-10)13-6-8(2)12-4-3-9(11)14/h12-13H,1-6,10H2,(H2,11,14). The monoisotopic (exact) mass is 198 g/mol. The number of carbonyl (C=O) groups excluding carboxylic acids is 1. The molecule has 0 aliphatic carbocycles. The SMILES string of the molecule is C=C(CN)NCC(=C)NCCC(N)=O. The first-order chi connectivity index (χ1) is 6.56. The summed E-state index contributed by atoms with van der Waals surface area (Å²) in [5.74, 6) is -0.329. The van der Waals surface area contributed by atoms with Crippen LogP contribution in [-0.2, 0) is 4.79 Å². The second-order valence-electron chi connectivity index (χ2n) is 2.91. The van der Waals surface area contributed by atoms with Crippen LogP contribution in [0.2, 0.25) is 0 Å². The van der Waals surface area contributed by atoms with Gasteiger partial charge < -0.3 is 22.1 Å². The molecule has 0 heterocycles. The van der Waals surface area contributed by atoms with Gasteiger partial charge in [-0.25, -0.2) is 0 Å². The van der Waals surface area contributed by atoms with E-state index in [-0.39, 0.29) is 5.91 Å². The molecule has 6 N–H and O–H groups in total. The summed E-state index contributed by atoms with van der Waals surface area (Å²) in [7, 11) is 0. The highest BCUT2D eigenvalue weighted by atomic mass is 16.1. The van der Waals surface area contributed by atoms with Crippen molar-refractivity contribution in [2.24, 2.45) is 11.5 Å². The molecular weight excluding hydrogens is 180 g/mol. The van der Waals surface area contributed by atoms with Gasteiger partial charge in [0.05, 0.1) is 6.54 Å². The van der Waals surface area contributed by atoms with Crippen molar-refractivity contribution in [2.45, 2.75) is 6.42 Å². The molecule has 0 saturated heterocycles. The molecule has 0 atom stereocenters. The second kappa shape index (κ2) is 6.97. The molecule has 0 aliphatic rings. The molecule has 5 heteroatoms. The van der Waals surface area contributed by atoms with Crippen LogP contribution < -0.4 is 22.1 Å². The van der Waals surface area contributed by atoms with Gasteiger partial charge in [0.2, 0.25) is 5.91 Å². The molecule has 0 fully saturated rings. The van der Waals surface area contributed by atoms with Crippen LogP contribution in [0.1, 0.15) is 6.42 Å². The fourth-order valence-electron chi connectivity index (χ4n) is 0.729. The summed E-state index contributed by atoms with van der Waals surface area (Å²) < 4.78 is 0. The summed E-state index contributed by atoms with van der Waals surface area (Å²) in [5.41, 5.74) is 11.8. The summed E-state index contributed by atoms with van der Waals surface area (Å²) in [5, 5.41) is 5.93. The van der Waals surface area contributed by atoms with Crippen LogP contribution in [0.4, 0.5) is 0 Å². The number of primary amides is 1. The van der Waals surface area contributed by atoms with Crippen molar-refractivity contribution in [1.82, 2.24) is 10.6 Å². The van der Waals surface area contributed by atoms with E-state index < -0.39 is 0 Å². The van der Waals surface area contributed by atoms with E-state index in [1.54, 1.807) is 0 Å². The first-order valence-corrected chi connectivity index (χ1v) is 4.38. The Morgan fingerprint density at radius 3 is 2.36 bits per heavy atom. The highest BCUT2D eigenvalue weighted by molar-refractivity contribution is 5.73. The first-order valence-electron chi connectivity index (χ1n) is 4.38. The predicted octanol–water partition coefficient (Wildman–Crippen LogP) is -0.973. The smallest absolute Gasteiger partial charge is 0.219 e. The van der Waals surface area contributed by atoms with Crippen LogP contribution in [0.3, 0.4) is 0 Å². The zero-order valence-corrected chi connectivity index (χ0v) is 8.31. The van der Waals surface area contributed by atoms with Gasteiger partial charge in [0.15, 0.2) is 0 Å². The van der Waals surface area contributed by atoms with Crippen molar-refractivity contribution >= 4 is 5.91 Å². The number of nitrogens with one attached hydrogen (secondary N) is 2. The zero-order chi connectivity index (χ0) is 11.0. The zero-order valence-electron chi connectivity index (χ0n) is 8.31. The Morgan fingerprint density at radius 2 is 1.86 bits per heavy atom. The van der Waals surface area contributed by atoms with Crippen molar-refractivity contribution in [3.8, 4) is 0 Å². The van der Waals surface area contributed by atoms with E-state index in [4.69, 9.17) is 11.5 Å². The number of hydrogen-bond donors (Lipinski definition) is 4. The Kier molecular flexibility index (Phi) is 6.22. The van der Waals surface area contributed by atoms with Gasteiger partial charge in [0.1, 0.15) is 0 Å². The summed E-state index contributed by atoms with van der Waals surface area (Å²) in [6, 6.07) is 0. The highest BCUT2D eigenvalue weighted by Gasteiger charge is 1.96. The van der Waals surface area contributed by atoms with Crippen molar-refractivity contribution in [3.05, 3.63) is 24.6 Å². The summed E-state index contributed by atoms with van der Waals surface area (Å²) >= 11 is 0. The fourth-order valence-corrected chi connectivity index (χ4v) is 0.729. The van der Waals surface area contributed by atoms with E-state index in [1.165, 1.54) is 0 Å². The van der Waals surface area contributed by atoms with E-state index in [0.717, 1.165) is 11.4 Å². The average molecular weight is 198 g/mol. The topological polar surface area (TPSA) is 93.2 Å². The van der Waals surface area contributed by atoms with Gasteiger partial charge in [-0.3, -0.25) is 4.79 Å². The van der Waals surface area contributed by atoms with E-state index in [9.17, 15) is 4.79 Å². The number of carbonyl (C=O) groups is 1. The summed E-state index contributed by atoms with van der Waals surface area (Å²) in [6.07, 6.45) is 0.302. The van der Waals surface area contributed by atoms with Gasteiger partial charge in [-0.15, -0.1) is 0 Å². The molecule has 5 nitrogen and oxygen atoms in total. The third-order valence-corrected chi connectivity index (χ3v) is 1.54. The molecule has 0 spiro atoms. The number of nitrogens with two attached hydrogens (primary N) is 2. The van der Waals surface area contributed by atoms with Gasteiger partial charge in [-0.2, -0.15) is 0 Å². The maximum absolute atomic E-state index is 10.4. The van der Waals surface area contributed by atoms with E-state index in [1.807, 2.05) is 0 Å². The van der Waals surface area contributed by atoms with Gasteiger partial charge >= 0.3 is 0 Å². The van der Waals surface area contributed by atoms with Crippen LogP contribution >= 0.6 is 0 Å². The third-order valence-electron chi connectivity index (χ3n) is 1.54. The normalized spacial score (nSPS) is 9.21. The van der Waals surface area contributed by atoms with Gasteiger partial charge in [0.25, 0.3) is 0 Å². The Morgan fingerprint density at radius 1 is 1.21 bits per heavy atom. The molecule has 0 rings (SSSR count). The van der Waals surface area contributed by atoms with Crippen molar-refractivity contribution in [1.29, 1.82) is 0 Å². The van der Waals surface area contributed by atoms with Crippen LogP contribution in [0.25, 0.3) is 0 Å². The van der Waals surface area contributed by atoms with Crippen LogP contribution in [-0.4, -0.2) is 25.5 Å². The molecule has 0 unspecified atom stereocenters. The minimum Gasteiger partial charge on any atom is -0.387 e. The maximum Gasteiger partial charge on any atom is 0.219 e. The molecule has 1 amide bonds. The van der Waals surface area contributed by atoms with Crippen molar-refractivity contribution in [3.63, 3.8) is 0 Å². The third kappa shape index (κ3) is 7.17. The molecule has 0 aliphatic heterocycles. The number of rotatable bonds is 8. The van der Waals surface area contributed by atoms with Crippen LogP contribution in [0, 0.1) is 0 Å². The molecule has 0 bridgehead atoms. The second-order valence-corrected chi connectivity index (χ2v) is 2.91. The van der Waals surface area contributed by atoms with E-state index in [0.29, 0.717) is 26.1 Å². The number of hydrogen-bond acceptors (Lipinski definition) is 4. The van der Waals surface area contributed by atoms with E-state index >= 15 is 0 Å². The Labute approximate surface area is 84.2 Å². The Hall–Kier alpha value is -1.49. The lowest BCUT2D eigenvalue weighted by molar-refractivity contribution is -0.117. The van der Waals surface area contributed by atoms with Gasteiger partial charge in [-0.05, 0) is 0 Å². The van der Waals surface area contributed by atoms with Crippen molar-refractivity contribution in [2.75, 3.05) is 19.6 Å². The maximum atomic E-state index is 10.4. The average Bonchev–Trinajstić information content (AvgIpc) is 2.13. The minimum absolute atomic E-state index is 0.302. The molecule has 0 saturated carbocycles. The lowest BCUT2D eigenvalue weighted by atomic mass is 10.3. The molecule has 0 aromatic heterocycles. The van der Waals surface area contributed by atoms with Crippen molar-refractivity contribution < 1.29 is 4.79 Å². The summed E-state index contributed by atoms with van der Waals surface area (Å²) in [6.45, 7) is 8.88. The predicted molar refractivity (Wildman–Crippen MR) is 57.2 cm³/mol. The molecule has 0 aromatic rings. The van der Waals surface area contributed by atoms with E-state index in [2.05, 4.69) is 23.8 Å². The lowest BCUT2D eigenvalue weighted by Gasteiger charge is -2.11. The summed E-state index contributed by atoms with van der Waals surface area (Å²) in [4.78, 5) is 10.4. The van der Waals surface area contributed by atoms with Crippen LogP contribution in [0.15, 0.2) is 24.6 Å². The quantitative estimate of drug-likeness (QED) is 0.403. The highest BCUT2D eigenvalue weighted by Crippen LogP contribution is 1.85. The largest absolute Gasteiger partial charge is 0.387 e. The first kappa shape index (κ1) is 12.5. The molecule has 80 valence electrons. The molecule has 14 heavy (non-hydrogen) atoms. The van der Waals surface area contributed by atoms with Crippen LogP contribution in [0.5, 0.6) is 0 Å². The molecular formula is C9H18N4O.